The second-order valence-corrected chi connectivity index (χ2v) is 4.78. The Morgan fingerprint density at radius 1 is 0.900 bits per heavy atom. The maximum atomic E-state index is 5.20. The molecule has 2 aromatic carbocycles. The number of hydrogen-bond donors (Lipinski definition) is 1. The van der Waals surface area contributed by atoms with Crippen molar-refractivity contribution in [2.45, 2.75) is 12.8 Å². The fourth-order valence-electron chi connectivity index (χ4n) is 2.76. The van der Waals surface area contributed by atoms with Gasteiger partial charge in [0.25, 0.3) is 0 Å². The first kappa shape index (κ1) is 14.9. The molecule has 0 unspecified atom stereocenters. The maximum absolute atomic E-state index is 5.20. The van der Waals surface area contributed by atoms with E-state index in [1.54, 1.807) is 0 Å². The average molecular weight is 291 g/mol. The molecule has 3 nitrogen and oxygen atoms in total. The first-order chi connectivity index (χ1) is 9.40. The largest absolute Gasteiger partial charge is 0.339 e. The molecule has 20 heavy (non-hydrogen) atoms. The zero-order chi connectivity index (χ0) is 13.1. The lowest BCUT2D eigenvalue weighted by molar-refractivity contribution is 0.146. The van der Waals surface area contributed by atoms with Gasteiger partial charge >= 0.3 is 0 Å². The van der Waals surface area contributed by atoms with E-state index >= 15 is 0 Å². The lowest BCUT2D eigenvalue weighted by atomic mass is 10.0. The van der Waals surface area contributed by atoms with Crippen molar-refractivity contribution in [1.82, 2.24) is 0 Å². The molecule has 2 N–H and O–H groups in total. The molecule has 1 aliphatic heterocycles. The molecule has 0 radical (unpaired) electrons. The molecule has 1 heterocycles. The molecule has 0 amide bonds. The van der Waals surface area contributed by atoms with E-state index in [0.717, 1.165) is 19.4 Å². The van der Waals surface area contributed by atoms with Gasteiger partial charge in [-0.25, -0.2) is 5.90 Å². The Balaban J connectivity index is 0.00000147. The summed E-state index contributed by atoms with van der Waals surface area (Å²) in [6.07, 6.45) is 2.15. The topological polar surface area (TPSA) is 38.5 Å². The van der Waals surface area contributed by atoms with Crippen LogP contribution in [0.25, 0.3) is 0 Å². The highest BCUT2D eigenvalue weighted by Gasteiger charge is 2.19. The monoisotopic (exact) mass is 290 g/mol. The van der Waals surface area contributed by atoms with Crippen molar-refractivity contribution in [3.05, 3.63) is 59.7 Å². The summed E-state index contributed by atoms with van der Waals surface area (Å²) in [6.45, 7) is 1.28. The molecule has 106 valence electrons. The van der Waals surface area contributed by atoms with Gasteiger partial charge < -0.3 is 9.74 Å². The lowest BCUT2D eigenvalue weighted by Crippen LogP contribution is -2.24. The van der Waals surface area contributed by atoms with Crippen LogP contribution < -0.4 is 10.8 Å². The Morgan fingerprint density at radius 2 is 1.40 bits per heavy atom. The van der Waals surface area contributed by atoms with Crippen LogP contribution in [0.2, 0.25) is 0 Å². The standard InChI is InChI=1S/C16H18N2O.ClH/c17-19-12-11-18-15-7-3-1-5-13(15)9-10-14-6-2-4-8-16(14)18;/h1-8H,9-12,17H2;1H. The van der Waals surface area contributed by atoms with Gasteiger partial charge in [-0.05, 0) is 36.1 Å². The molecule has 0 saturated heterocycles. The van der Waals surface area contributed by atoms with Crippen LogP contribution in [0.5, 0.6) is 0 Å². The van der Waals surface area contributed by atoms with Gasteiger partial charge in [0, 0.05) is 17.9 Å². The minimum absolute atomic E-state index is 0. The first-order valence-corrected chi connectivity index (χ1v) is 6.65. The number of halogens is 1. The zero-order valence-electron chi connectivity index (χ0n) is 11.3. The van der Waals surface area contributed by atoms with Gasteiger partial charge in [0.05, 0.1) is 6.61 Å². The quantitative estimate of drug-likeness (QED) is 0.882. The second-order valence-electron chi connectivity index (χ2n) is 4.78. The highest BCUT2D eigenvalue weighted by atomic mass is 35.5. The number of para-hydroxylation sites is 2. The van der Waals surface area contributed by atoms with E-state index in [0.29, 0.717) is 6.61 Å². The van der Waals surface area contributed by atoms with Gasteiger partial charge in [0.1, 0.15) is 0 Å². The zero-order valence-corrected chi connectivity index (χ0v) is 12.1. The minimum atomic E-state index is 0. The number of aryl methyl sites for hydroxylation is 2. The third kappa shape index (κ3) is 2.80. The Hall–Kier alpha value is -1.55. The van der Waals surface area contributed by atoms with Crippen molar-refractivity contribution in [2.24, 2.45) is 5.90 Å². The van der Waals surface area contributed by atoms with Crippen LogP contribution in [0.3, 0.4) is 0 Å². The van der Waals surface area contributed by atoms with E-state index in [-0.39, 0.29) is 12.4 Å². The number of anilines is 2. The molecular formula is C16H19ClN2O. The van der Waals surface area contributed by atoms with Crippen molar-refractivity contribution >= 4 is 23.8 Å². The summed E-state index contributed by atoms with van der Waals surface area (Å²) in [5.41, 5.74) is 5.31. The van der Waals surface area contributed by atoms with E-state index in [4.69, 9.17) is 10.7 Å². The smallest absolute Gasteiger partial charge is 0.0858 e. The Kier molecular flexibility index (Phi) is 5.01. The van der Waals surface area contributed by atoms with Gasteiger partial charge in [-0.1, -0.05) is 36.4 Å². The van der Waals surface area contributed by atoms with Crippen molar-refractivity contribution in [3.63, 3.8) is 0 Å². The fraction of sp³-hybridized carbons (Fsp3) is 0.250. The molecule has 2 aromatic rings. The number of fused-ring (bicyclic) bond motifs is 2. The van der Waals surface area contributed by atoms with Crippen LogP contribution in [0, 0.1) is 0 Å². The van der Waals surface area contributed by atoms with Crippen LogP contribution in [0.15, 0.2) is 48.5 Å². The Morgan fingerprint density at radius 3 is 1.90 bits per heavy atom. The Bertz CT molecular complexity index is 526. The SMILES string of the molecule is Cl.NOCCN1c2ccccc2CCc2ccccc21. The summed E-state index contributed by atoms with van der Waals surface area (Å²) in [5.74, 6) is 5.20. The van der Waals surface area contributed by atoms with Crippen LogP contribution in [0.4, 0.5) is 11.4 Å². The van der Waals surface area contributed by atoms with E-state index in [2.05, 4.69) is 53.4 Å². The molecule has 0 spiro atoms. The molecule has 1 aliphatic rings. The number of benzene rings is 2. The van der Waals surface area contributed by atoms with E-state index in [1.807, 2.05) is 0 Å². The van der Waals surface area contributed by atoms with Gasteiger partial charge in [-0.2, -0.15) is 0 Å². The van der Waals surface area contributed by atoms with Crippen LogP contribution in [-0.2, 0) is 17.7 Å². The molecule has 4 heteroatoms. The molecule has 0 aliphatic carbocycles. The normalized spacial score (nSPS) is 12.9. The van der Waals surface area contributed by atoms with Crippen molar-refractivity contribution < 1.29 is 4.84 Å². The summed E-state index contributed by atoms with van der Waals surface area (Å²) >= 11 is 0. The molecular weight excluding hydrogens is 272 g/mol. The molecule has 0 saturated carbocycles. The number of hydrogen-bond acceptors (Lipinski definition) is 3. The third-order valence-electron chi connectivity index (χ3n) is 3.66. The number of rotatable bonds is 3. The minimum Gasteiger partial charge on any atom is -0.339 e. The number of nitrogens with zero attached hydrogens (tertiary/aromatic N) is 1. The third-order valence-corrected chi connectivity index (χ3v) is 3.66. The van der Waals surface area contributed by atoms with E-state index in [9.17, 15) is 0 Å². The van der Waals surface area contributed by atoms with Crippen LogP contribution in [-0.4, -0.2) is 13.2 Å². The van der Waals surface area contributed by atoms with E-state index in [1.165, 1.54) is 22.5 Å². The van der Waals surface area contributed by atoms with Crippen molar-refractivity contribution in [3.8, 4) is 0 Å². The Labute approximate surface area is 125 Å². The van der Waals surface area contributed by atoms with Crippen molar-refractivity contribution in [1.29, 1.82) is 0 Å². The summed E-state index contributed by atoms with van der Waals surface area (Å²) in [4.78, 5) is 7.08. The van der Waals surface area contributed by atoms with E-state index < -0.39 is 0 Å². The predicted octanol–water partition coefficient (Wildman–Crippen LogP) is 3.24. The highest BCUT2D eigenvalue weighted by Crippen LogP contribution is 2.35. The molecule has 0 atom stereocenters. The van der Waals surface area contributed by atoms with Gasteiger partial charge in [0.15, 0.2) is 0 Å². The summed E-state index contributed by atoms with van der Waals surface area (Å²) in [6, 6.07) is 17.1. The number of nitrogens with two attached hydrogens (primary N) is 1. The maximum Gasteiger partial charge on any atom is 0.0858 e. The summed E-state index contributed by atoms with van der Waals surface area (Å²) < 4.78 is 0. The fourth-order valence-corrected chi connectivity index (χ4v) is 2.76. The highest BCUT2D eigenvalue weighted by molar-refractivity contribution is 5.85. The summed E-state index contributed by atoms with van der Waals surface area (Å²) in [5, 5.41) is 0. The van der Waals surface area contributed by atoms with Crippen LogP contribution >= 0.6 is 12.4 Å². The molecule has 0 aromatic heterocycles. The molecule has 0 bridgehead atoms. The second kappa shape index (κ2) is 6.75. The van der Waals surface area contributed by atoms with Gasteiger partial charge in [-0.3, -0.25) is 0 Å². The lowest BCUT2D eigenvalue weighted by Gasteiger charge is -2.26. The predicted molar refractivity (Wildman–Crippen MR) is 84.7 cm³/mol. The van der Waals surface area contributed by atoms with Crippen LogP contribution in [0.1, 0.15) is 11.1 Å². The van der Waals surface area contributed by atoms with Gasteiger partial charge in [0.2, 0.25) is 0 Å². The molecule has 3 rings (SSSR count). The molecule has 0 fully saturated rings. The van der Waals surface area contributed by atoms with Gasteiger partial charge in [-0.15, -0.1) is 12.4 Å². The average Bonchev–Trinajstić information content (AvgIpc) is 2.62. The van der Waals surface area contributed by atoms with Crippen molar-refractivity contribution in [2.75, 3.05) is 18.1 Å². The summed E-state index contributed by atoms with van der Waals surface area (Å²) in [7, 11) is 0. The first-order valence-electron chi connectivity index (χ1n) is 6.65.